The smallest absolute Gasteiger partial charge is 0.100 e. The van der Waals surface area contributed by atoms with Gasteiger partial charge in [0.1, 0.15) is 6.33 Å². The Bertz CT molecular complexity index is 1260. The van der Waals surface area contributed by atoms with Gasteiger partial charge < -0.3 is 14.7 Å². The number of benzene rings is 3. The standard InChI is InChI=1S/C27H29N3O2/c1-19-21(22-7-4-5-9-25(22)29-13-15-32-16-14-29)8-6-10-24(19)30-18-28-23-17-20(27(2,3)31)11-12-26(23)30/h4-12,17-18,31H,13-16H2,1-3H3. The van der Waals surface area contributed by atoms with E-state index in [1.807, 2.05) is 24.5 Å². The normalized spacial score (nSPS) is 14.8. The highest BCUT2D eigenvalue weighted by Gasteiger charge is 2.20. The molecule has 1 saturated heterocycles. The number of rotatable bonds is 4. The van der Waals surface area contributed by atoms with Gasteiger partial charge in [0.15, 0.2) is 0 Å². The molecule has 1 N–H and O–H groups in total. The van der Waals surface area contributed by atoms with Crippen LogP contribution in [0.4, 0.5) is 5.69 Å². The van der Waals surface area contributed by atoms with E-state index < -0.39 is 5.60 Å². The molecule has 5 rings (SSSR count). The number of ether oxygens (including phenoxy) is 1. The lowest BCUT2D eigenvalue weighted by Gasteiger charge is -2.31. The number of anilines is 1. The SMILES string of the molecule is Cc1c(-c2ccccc2N2CCOCC2)cccc1-n1cnc2cc(C(C)(C)O)ccc21. The second-order valence-electron chi connectivity index (χ2n) is 8.94. The molecule has 3 aromatic carbocycles. The summed E-state index contributed by atoms with van der Waals surface area (Å²) in [6.45, 7) is 9.12. The molecule has 0 radical (unpaired) electrons. The van der Waals surface area contributed by atoms with Crippen LogP contribution in [-0.4, -0.2) is 41.0 Å². The second-order valence-corrected chi connectivity index (χ2v) is 8.94. The van der Waals surface area contributed by atoms with Crippen LogP contribution in [0.25, 0.3) is 27.8 Å². The van der Waals surface area contributed by atoms with E-state index in [0.29, 0.717) is 0 Å². The van der Waals surface area contributed by atoms with Gasteiger partial charge in [0.2, 0.25) is 0 Å². The molecule has 0 spiro atoms. The predicted molar refractivity (Wildman–Crippen MR) is 130 cm³/mol. The van der Waals surface area contributed by atoms with Crippen LogP contribution in [0.1, 0.15) is 25.0 Å². The van der Waals surface area contributed by atoms with Crippen molar-refractivity contribution in [2.45, 2.75) is 26.4 Å². The zero-order valence-corrected chi connectivity index (χ0v) is 18.9. The van der Waals surface area contributed by atoms with Crippen LogP contribution in [0.15, 0.2) is 67.0 Å². The van der Waals surface area contributed by atoms with Gasteiger partial charge in [-0.25, -0.2) is 4.98 Å². The van der Waals surface area contributed by atoms with Gasteiger partial charge in [-0.05, 0) is 61.7 Å². The van der Waals surface area contributed by atoms with Crippen LogP contribution in [0, 0.1) is 6.92 Å². The monoisotopic (exact) mass is 427 g/mol. The van der Waals surface area contributed by atoms with E-state index in [1.54, 1.807) is 13.8 Å². The van der Waals surface area contributed by atoms with Crippen LogP contribution in [0.3, 0.4) is 0 Å². The highest BCUT2D eigenvalue weighted by molar-refractivity contribution is 5.84. The lowest BCUT2D eigenvalue weighted by molar-refractivity contribution is 0.0787. The molecule has 0 atom stereocenters. The summed E-state index contributed by atoms with van der Waals surface area (Å²) in [6.07, 6.45) is 1.87. The van der Waals surface area contributed by atoms with Crippen molar-refractivity contribution >= 4 is 16.7 Å². The van der Waals surface area contributed by atoms with E-state index in [0.717, 1.165) is 48.6 Å². The molecule has 1 fully saturated rings. The highest BCUT2D eigenvalue weighted by atomic mass is 16.5. The number of hydrogen-bond donors (Lipinski definition) is 1. The minimum Gasteiger partial charge on any atom is -0.386 e. The van der Waals surface area contributed by atoms with Crippen LogP contribution >= 0.6 is 0 Å². The minimum atomic E-state index is -0.892. The summed E-state index contributed by atoms with van der Waals surface area (Å²) in [7, 11) is 0. The van der Waals surface area contributed by atoms with E-state index in [1.165, 1.54) is 22.4 Å². The molecular weight excluding hydrogens is 398 g/mol. The summed E-state index contributed by atoms with van der Waals surface area (Å²) in [4.78, 5) is 7.05. The first-order valence-electron chi connectivity index (χ1n) is 11.2. The molecule has 164 valence electrons. The van der Waals surface area contributed by atoms with Crippen LogP contribution in [0.2, 0.25) is 0 Å². The third kappa shape index (κ3) is 3.68. The fraction of sp³-hybridized carbons (Fsp3) is 0.296. The molecule has 0 amide bonds. The van der Waals surface area contributed by atoms with Crippen molar-refractivity contribution in [3.63, 3.8) is 0 Å². The van der Waals surface area contributed by atoms with Crippen LogP contribution in [-0.2, 0) is 10.3 Å². The van der Waals surface area contributed by atoms with Gasteiger partial charge in [-0.2, -0.15) is 0 Å². The van der Waals surface area contributed by atoms with Gasteiger partial charge in [-0.3, -0.25) is 4.57 Å². The average Bonchev–Trinajstić information content (AvgIpc) is 3.22. The molecule has 1 aliphatic rings. The van der Waals surface area contributed by atoms with Gasteiger partial charge in [0.05, 0.1) is 35.5 Å². The summed E-state index contributed by atoms with van der Waals surface area (Å²) in [5.74, 6) is 0. The average molecular weight is 428 g/mol. The van der Waals surface area contributed by atoms with Gasteiger partial charge in [-0.15, -0.1) is 0 Å². The Morgan fingerprint density at radius 3 is 2.41 bits per heavy atom. The Kier molecular flexibility index (Phi) is 5.24. The Balaban J connectivity index is 1.60. The molecular formula is C27H29N3O2. The maximum absolute atomic E-state index is 10.4. The van der Waals surface area contributed by atoms with E-state index >= 15 is 0 Å². The Morgan fingerprint density at radius 1 is 0.906 bits per heavy atom. The minimum absolute atomic E-state index is 0.765. The molecule has 32 heavy (non-hydrogen) atoms. The van der Waals surface area contributed by atoms with Crippen molar-refractivity contribution < 1.29 is 9.84 Å². The van der Waals surface area contributed by atoms with Crippen molar-refractivity contribution in [2.75, 3.05) is 31.2 Å². The van der Waals surface area contributed by atoms with Crippen molar-refractivity contribution in [3.05, 3.63) is 78.1 Å². The highest BCUT2D eigenvalue weighted by Crippen LogP contribution is 2.36. The lowest BCUT2D eigenvalue weighted by Crippen LogP contribution is -2.36. The molecule has 0 bridgehead atoms. The quantitative estimate of drug-likeness (QED) is 0.494. The molecule has 5 heteroatoms. The zero-order valence-electron chi connectivity index (χ0n) is 18.9. The summed E-state index contributed by atoms with van der Waals surface area (Å²) >= 11 is 0. The molecule has 0 unspecified atom stereocenters. The number of nitrogens with zero attached hydrogens (tertiary/aromatic N) is 3. The molecule has 0 saturated carbocycles. The maximum Gasteiger partial charge on any atom is 0.100 e. The first-order chi connectivity index (χ1) is 15.4. The van der Waals surface area contributed by atoms with Gasteiger partial charge >= 0.3 is 0 Å². The maximum atomic E-state index is 10.4. The second kappa shape index (κ2) is 8.08. The topological polar surface area (TPSA) is 50.5 Å². The van der Waals surface area contributed by atoms with Crippen molar-refractivity contribution in [1.82, 2.24) is 9.55 Å². The Labute approximate surface area is 188 Å². The van der Waals surface area contributed by atoms with E-state index in [9.17, 15) is 5.11 Å². The van der Waals surface area contributed by atoms with Crippen molar-refractivity contribution in [2.24, 2.45) is 0 Å². The van der Waals surface area contributed by atoms with Crippen LogP contribution in [0.5, 0.6) is 0 Å². The zero-order chi connectivity index (χ0) is 22.3. The summed E-state index contributed by atoms with van der Waals surface area (Å²) in [5, 5.41) is 10.4. The summed E-state index contributed by atoms with van der Waals surface area (Å²) < 4.78 is 7.70. The van der Waals surface area contributed by atoms with Gasteiger partial charge in [0.25, 0.3) is 0 Å². The molecule has 5 nitrogen and oxygen atoms in total. The molecule has 4 aromatic rings. The largest absolute Gasteiger partial charge is 0.386 e. The van der Waals surface area contributed by atoms with Crippen LogP contribution < -0.4 is 4.90 Å². The number of aromatic nitrogens is 2. The molecule has 1 aliphatic heterocycles. The van der Waals surface area contributed by atoms with E-state index in [-0.39, 0.29) is 0 Å². The molecule has 1 aromatic heterocycles. The summed E-state index contributed by atoms with van der Waals surface area (Å²) in [5.41, 5.74) is 7.90. The fourth-order valence-electron chi connectivity index (χ4n) is 4.54. The van der Waals surface area contributed by atoms with E-state index in [2.05, 4.69) is 63.8 Å². The van der Waals surface area contributed by atoms with E-state index in [4.69, 9.17) is 4.74 Å². The third-order valence-corrected chi connectivity index (χ3v) is 6.36. The number of hydrogen-bond acceptors (Lipinski definition) is 4. The van der Waals surface area contributed by atoms with Gasteiger partial charge in [0, 0.05) is 24.3 Å². The molecule has 2 heterocycles. The van der Waals surface area contributed by atoms with Crippen molar-refractivity contribution in [3.8, 4) is 16.8 Å². The first-order valence-corrected chi connectivity index (χ1v) is 11.2. The first kappa shape index (κ1) is 20.7. The Morgan fingerprint density at radius 2 is 1.62 bits per heavy atom. The predicted octanol–water partition coefficient (Wildman–Crippen LogP) is 5.06. The molecule has 0 aliphatic carbocycles. The Hall–Kier alpha value is -3.15. The number of imidazole rings is 1. The number of para-hydroxylation sites is 1. The number of aliphatic hydroxyl groups is 1. The number of morpholine rings is 1. The van der Waals surface area contributed by atoms with Gasteiger partial charge in [-0.1, -0.05) is 36.4 Å². The summed E-state index contributed by atoms with van der Waals surface area (Å²) in [6, 6.07) is 21.1. The number of fused-ring (bicyclic) bond motifs is 1. The third-order valence-electron chi connectivity index (χ3n) is 6.36. The fourth-order valence-corrected chi connectivity index (χ4v) is 4.54. The van der Waals surface area contributed by atoms with Crippen molar-refractivity contribution in [1.29, 1.82) is 0 Å². The lowest BCUT2D eigenvalue weighted by atomic mass is 9.96.